The number of benzene rings is 1. The molecule has 3 aromatic heterocycles. The molecule has 0 aliphatic heterocycles. The molecule has 0 unspecified atom stereocenters. The highest BCUT2D eigenvalue weighted by Gasteiger charge is 2.18. The van der Waals surface area contributed by atoms with Crippen LogP contribution in [0.5, 0.6) is 0 Å². The van der Waals surface area contributed by atoms with Gasteiger partial charge in [-0.2, -0.15) is 5.10 Å². The molecule has 4 rings (SSSR count). The Kier molecular flexibility index (Phi) is 4.70. The summed E-state index contributed by atoms with van der Waals surface area (Å²) in [7, 11) is 0. The molecule has 0 atom stereocenters. The van der Waals surface area contributed by atoms with Gasteiger partial charge in [-0.1, -0.05) is 24.3 Å². The van der Waals surface area contributed by atoms with Crippen LogP contribution in [0.4, 0.5) is 0 Å². The molecule has 132 valence electrons. The molecule has 0 saturated heterocycles. The lowest BCUT2D eigenvalue weighted by molar-refractivity contribution is 0.0460. The van der Waals surface area contributed by atoms with Gasteiger partial charge in [0, 0.05) is 24.2 Å². The lowest BCUT2D eigenvalue weighted by Crippen LogP contribution is -2.08. The number of pyridine rings is 2. The molecule has 0 spiro atoms. The third-order valence-corrected chi connectivity index (χ3v) is 3.95. The van der Waals surface area contributed by atoms with Crippen molar-refractivity contribution < 1.29 is 9.53 Å². The minimum atomic E-state index is -0.500. The highest BCUT2D eigenvalue weighted by molar-refractivity contribution is 5.89. The average molecular weight is 356 g/mol. The van der Waals surface area contributed by atoms with Gasteiger partial charge in [0.2, 0.25) is 0 Å². The van der Waals surface area contributed by atoms with E-state index in [9.17, 15) is 4.79 Å². The van der Waals surface area contributed by atoms with Gasteiger partial charge in [0.25, 0.3) is 0 Å². The van der Waals surface area contributed by atoms with Crippen molar-refractivity contribution in [3.8, 4) is 16.9 Å². The molecule has 27 heavy (non-hydrogen) atoms. The molecule has 0 radical (unpaired) electrons. The Hall–Kier alpha value is -3.80. The highest BCUT2D eigenvalue weighted by atomic mass is 16.5. The van der Waals surface area contributed by atoms with Gasteiger partial charge < -0.3 is 4.74 Å². The molecule has 3 heterocycles. The Morgan fingerprint density at radius 3 is 2.56 bits per heavy atom. The maximum atomic E-state index is 12.5. The first kappa shape index (κ1) is 16.7. The van der Waals surface area contributed by atoms with Crippen LogP contribution < -0.4 is 0 Å². The Morgan fingerprint density at radius 1 is 0.963 bits per heavy atom. The summed E-state index contributed by atoms with van der Waals surface area (Å²) in [5, 5.41) is 4.46. The number of hydrogen-bond acceptors (Lipinski definition) is 5. The molecule has 6 heteroatoms. The average Bonchev–Trinajstić information content (AvgIpc) is 3.20. The van der Waals surface area contributed by atoms with Gasteiger partial charge in [-0.15, -0.1) is 0 Å². The van der Waals surface area contributed by atoms with Crippen molar-refractivity contribution in [1.82, 2.24) is 19.7 Å². The molecule has 0 amide bonds. The van der Waals surface area contributed by atoms with E-state index < -0.39 is 5.97 Å². The van der Waals surface area contributed by atoms with Gasteiger partial charge in [0.05, 0.1) is 17.1 Å². The van der Waals surface area contributed by atoms with Crippen molar-refractivity contribution in [1.29, 1.82) is 0 Å². The molecule has 0 fully saturated rings. The van der Waals surface area contributed by atoms with Crippen molar-refractivity contribution in [2.75, 3.05) is 0 Å². The maximum absolute atomic E-state index is 12.5. The van der Waals surface area contributed by atoms with E-state index in [0.29, 0.717) is 5.69 Å². The predicted octanol–water partition coefficient (Wildman–Crippen LogP) is 3.69. The van der Waals surface area contributed by atoms with Crippen LogP contribution in [-0.2, 0) is 11.3 Å². The Balaban J connectivity index is 1.66. The molecule has 0 N–H and O–H groups in total. The highest BCUT2D eigenvalue weighted by Crippen LogP contribution is 2.23. The number of hydrogen-bond donors (Lipinski definition) is 0. The Bertz CT molecular complexity index is 975. The van der Waals surface area contributed by atoms with Crippen LogP contribution in [0.15, 0.2) is 85.3 Å². The number of carbonyl (C=O) groups is 1. The summed E-state index contributed by atoms with van der Waals surface area (Å²) in [5.74, 6) is -0.500. The SMILES string of the molecule is O=C(OCc1ccccn1)c1cc(-c2cccnc2)n(-c2ccccc2)n1. The molecular weight excluding hydrogens is 340 g/mol. The number of nitrogens with zero attached hydrogens (tertiary/aromatic N) is 4. The van der Waals surface area contributed by atoms with Crippen molar-refractivity contribution in [2.24, 2.45) is 0 Å². The first-order valence-corrected chi connectivity index (χ1v) is 8.44. The van der Waals surface area contributed by atoms with Crippen molar-refractivity contribution in [2.45, 2.75) is 6.61 Å². The summed E-state index contributed by atoms with van der Waals surface area (Å²) in [6.45, 7) is 0.0973. The molecule has 0 aliphatic rings. The first-order chi connectivity index (χ1) is 13.3. The molecular formula is C21H16N4O2. The first-order valence-electron chi connectivity index (χ1n) is 8.44. The smallest absolute Gasteiger partial charge is 0.359 e. The van der Waals surface area contributed by atoms with Gasteiger partial charge in [-0.05, 0) is 42.5 Å². The second-order valence-corrected chi connectivity index (χ2v) is 5.80. The number of ether oxygens (including phenoxy) is 1. The maximum Gasteiger partial charge on any atom is 0.359 e. The number of aromatic nitrogens is 4. The summed E-state index contributed by atoms with van der Waals surface area (Å²) in [4.78, 5) is 20.8. The molecule has 0 aliphatic carbocycles. The number of esters is 1. The van der Waals surface area contributed by atoms with Crippen molar-refractivity contribution in [3.05, 3.63) is 96.7 Å². The molecule has 6 nitrogen and oxygen atoms in total. The normalized spacial score (nSPS) is 10.5. The largest absolute Gasteiger partial charge is 0.454 e. The van der Waals surface area contributed by atoms with E-state index in [1.165, 1.54) is 0 Å². The summed E-state index contributed by atoms with van der Waals surface area (Å²) in [6, 6.07) is 20.6. The van der Waals surface area contributed by atoms with Crippen LogP contribution in [0.25, 0.3) is 16.9 Å². The predicted molar refractivity (Wildman–Crippen MR) is 100 cm³/mol. The van der Waals surface area contributed by atoms with Crippen LogP contribution in [0.3, 0.4) is 0 Å². The second kappa shape index (κ2) is 7.61. The summed E-state index contributed by atoms with van der Waals surface area (Å²) in [5.41, 5.74) is 3.38. The fourth-order valence-corrected chi connectivity index (χ4v) is 2.66. The molecule has 4 aromatic rings. The van der Waals surface area contributed by atoms with E-state index >= 15 is 0 Å². The van der Waals surface area contributed by atoms with E-state index in [1.54, 1.807) is 35.4 Å². The molecule has 0 bridgehead atoms. The second-order valence-electron chi connectivity index (χ2n) is 5.80. The van der Waals surface area contributed by atoms with E-state index in [2.05, 4.69) is 15.1 Å². The van der Waals surface area contributed by atoms with Crippen LogP contribution in [0.2, 0.25) is 0 Å². The van der Waals surface area contributed by atoms with Crippen LogP contribution >= 0.6 is 0 Å². The topological polar surface area (TPSA) is 69.9 Å². The minimum Gasteiger partial charge on any atom is -0.454 e. The van der Waals surface area contributed by atoms with Gasteiger partial charge in [0.1, 0.15) is 6.61 Å². The van der Waals surface area contributed by atoms with E-state index in [0.717, 1.165) is 16.9 Å². The monoisotopic (exact) mass is 356 g/mol. The third-order valence-electron chi connectivity index (χ3n) is 3.95. The quantitative estimate of drug-likeness (QED) is 0.510. The lowest BCUT2D eigenvalue weighted by atomic mass is 10.2. The van der Waals surface area contributed by atoms with Crippen molar-refractivity contribution >= 4 is 5.97 Å². The molecule has 0 saturated carbocycles. The lowest BCUT2D eigenvalue weighted by Gasteiger charge is -2.06. The van der Waals surface area contributed by atoms with Gasteiger partial charge >= 0.3 is 5.97 Å². The summed E-state index contributed by atoms with van der Waals surface area (Å²) >= 11 is 0. The van der Waals surface area contributed by atoms with Crippen LogP contribution in [-0.4, -0.2) is 25.7 Å². The number of carbonyl (C=O) groups excluding carboxylic acids is 1. The summed E-state index contributed by atoms with van der Waals surface area (Å²) in [6.07, 6.45) is 5.10. The minimum absolute atomic E-state index is 0.0973. The van der Waals surface area contributed by atoms with E-state index in [-0.39, 0.29) is 12.3 Å². The Morgan fingerprint density at radius 2 is 1.81 bits per heavy atom. The van der Waals surface area contributed by atoms with Gasteiger partial charge in [-0.3, -0.25) is 9.97 Å². The van der Waals surface area contributed by atoms with Crippen LogP contribution in [0.1, 0.15) is 16.2 Å². The summed E-state index contributed by atoms with van der Waals surface area (Å²) < 4.78 is 7.08. The Labute approximate surface area is 156 Å². The molecule has 1 aromatic carbocycles. The van der Waals surface area contributed by atoms with Gasteiger partial charge in [-0.25, -0.2) is 9.48 Å². The van der Waals surface area contributed by atoms with E-state index in [4.69, 9.17) is 4.74 Å². The third kappa shape index (κ3) is 3.74. The van der Waals surface area contributed by atoms with Crippen molar-refractivity contribution in [3.63, 3.8) is 0 Å². The van der Waals surface area contributed by atoms with E-state index in [1.807, 2.05) is 54.6 Å². The number of rotatable bonds is 5. The fourth-order valence-electron chi connectivity index (χ4n) is 2.66. The number of para-hydroxylation sites is 1. The van der Waals surface area contributed by atoms with Gasteiger partial charge in [0.15, 0.2) is 5.69 Å². The zero-order valence-electron chi connectivity index (χ0n) is 14.4. The zero-order valence-corrected chi connectivity index (χ0v) is 14.4. The zero-order chi connectivity index (χ0) is 18.5. The fraction of sp³-hybridized carbons (Fsp3) is 0.0476. The standard InChI is InChI=1S/C21H16N4O2/c26-21(27-15-17-8-4-5-12-23-17)19-13-20(16-7-6-11-22-14-16)25(24-19)18-9-2-1-3-10-18/h1-14H,15H2. The van der Waals surface area contributed by atoms with Crippen LogP contribution in [0, 0.1) is 0 Å².